The van der Waals surface area contributed by atoms with E-state index in [0.29, 0.717) is 19.2 Å². The number of hydrogen-bond donors (Lipinski definition) is 2. The van der Waals surface area contributed by atoms with Crippen LogP contribution in [0.25, 0.3) is 0 Å². The standard InChI is InChI=1S/C16H25BrN2O2/c1-3-15(18)16(12-4-6-13(17)7-5-12)19-8-14(9-20)21-10-11(19)2/h4-7,11,14-16,20H,3,8-10,18H2,1-2H3. The average Bonchev–Trinajstić information content (AvgIpc) is 2.51. The van der Waals surface area contributed by atoms with Crippen molar-refractivity contribution in [1.29, 1.82) is 0 Å². The van der Waals surface area contributed by atoms with E-state index in [2.05, 4.69) is 58.9 Å². The highest BCUT2D eigenvalue weighted by Gasteiger charge is 2.34. The third-order valence-corrected chi connectivity index (χ3v) is 4.73. The van der Waals surface area contributed by atoms with Gasteiger partial charge in [0.2, 0.25) is 0 Å². The minimum atomic E-state index is -0.122. The van der Waals surface area contributed by atoms with Crippen LogP contribution in [0.3, 0.4) is 0 Å². The summed E-state index contributed by atoms with van der Waals surface area (Å²) in [6, 6.07) is 8.86. The van der Waals surface area contributed by atoms with Crippen LogP contribution in [-0.4, -0.2) is 48.0 Å². The van der Waals surface area contributed by atoms with Gasteiger partial charge in [0, 0.05) is 23.1 Å². The molecule has 4 nitrogen and oxygen atoms in total. The maximum absolute atomic E-state index is 9.39. The summed E-state index contributed by atoms with van der Waals surface area (Å²) in [6.07, 6.45) is 0.789. The van der Waals surface area contributed by atoms with E-state index in [1.54, 1.807) is 0 Å². The van der Waals surface area contributed by atoms with E-state index in [-0.39, 0.29) is 24.8 Å². The van der Waals surface area contributed by atoms with Gasteiger partial charge >= 0.3 is 0 Å². The molecule has 0 saturated carbocycles. The SMILES string of the molecule is CCC(N)C(c1ccc(Br)cc1)N1CC(CO)OCC1C. The molecule has 0 radical (unpaired) electrons. The highest BCUT2D eigenvalue weighted by atomic mass is 79.9. The first-order chi connectivity index (χ1) is 10.1. The van der Waals surface area contributed by atoms with Crippen LogP contribution in [0.4, 0.5) is 0 Å². The summed E-state index contributed by atoms with van der Waals surface area (Å²) >= 11 is 3.48. The van der Waals surface area contributed by atoms with Gasteiger partial charge in [-0.15, -0.1) is 0 Å². The van der Waals surface area contributed by atoms with E-state index in [4.69, 9.17) is 10.5 Å². The van der Waals surface area contributed by atoms with Crippen molar-refractivity contribution in [3.63, 3.8) is 0 Å². The van der Waals surface area contributed by atoms with Crippen molar-refractivity contribution in [2.24, 2.45) is 5.73 Å². The molecule has 4 unspecified atom stereocenters. The number of benzene rings is 1. The van der Waals surface area contributed by atoms with Crippen LogP contribution in [0, 0.1) is 0 Å². The average molecular weight is 357 g/mol. The molecule has 1 aliphatic heterocycles. The van der Waals surface area contributed by atoms with Crippen LogP contribution in [-0.2, 0) is 4.74 Å². The lowest BCUT2D eigenvalue weighted by atomic mass is 9.94. The largest absolute Gasteiger partial charge is 0.394 e. The number of rotatable bonds is 5. The molecule has 1 aromatic carbocycles. The molecule has 5 heteroatoms. The fourth-order valence-corrected chi connectivity index (χ4v) is 3.17. The van der Waals surface area contributed by atoms with Crippen molar-refractivity contribution in [2.45, 2.75) is 44.5 Å². The Morgan fingerprint density at radius 2 is 2.10 bits per heavy atom. The van der Waals surface area contributed by atoms with Crippen LogP contribution in [0.5, 0.6) is 0 Å². The number of nitrogens with two attached hydrogens (primary N) is 1. The number of hydrogen-bond acceptors (Lipinski definition) is 4. The third kappa shape index (κ3) is 4.05. The van der Waals surface area contributed by atoms with Gasteiger partial charge in [0.15, 0.2) is 0 Å². The zero-order chi connectivity index (χ0) is 15.4. The lowest BCUT2D eigenvalue weighted by Gasteiger charge is -2.44. The van der Waals surface area contributed by atoms with Crippen LogP contribution in [0.15, 0.2) is 28.7 Å². The van der Waals surface area contributed by atoms with Crippen molar-refractivity contribution >= 4 is 15.9 Å². The monoisotopic (exact) mass is 356 g/mol. The van der Waals surface area contributed by atoms with Crippen LogP contribution in [0.2, 0.25) is 0 Å². The predicted octanol–water partition coefficient (Wildman–Crippen LogP) is 2.31. The summed E-state index contributed by atoms with van der Waals surface area (Å²) in [5, 5.41) is 9.39. The highest BCUT2D eigenvalue weighted by Crippen LogP contribution is 2.30. The maximum Gasteiger partial charge on any atom is 0.0933 e. The van der Waals surface area contributed by atoms with Crippen LogP contribution in [0.1, 0.15) is 31.9 Å². The molecule has 1 saturated heterocycles. The molecule has 1 fully saturated rings. The fraction of sp³-hybridized carbons (Fsp3) is 0.625. The zero-order valence-electron chi connectivity index (χ0n) is 12.7. The van der Waals surface area contributed by atoms with Gasteiger partial charge in [0.1, 0.15) is 0 Å². The molecule has 0 aromatic heterocycles. The first-order valence-electron chi connectivity index (χ1n) is 7.56. The quantitative estimate of drug-likeness (QED) is 0.849. The van der Waals surface area contributed by atoms with E-state index in [1.807, 2.05) is 0 Å². The smallest absolute Gasteiger partial charge is 0.0933 e. The molecule has 21 heavy (non-hydrogen) atoms. The van der Waals surface area contributed by atoms with E-state index in [0.717, 1.165) is 10.9 Å². The van der Waals surface area contributed by atoms with Gasteiger partial charge in [-0.25, -0.2) is 0 Å². The molecule has 0 bridgehead atoms. The first kappa shape index (κ1) is 16.9. The van der Waals surface area contributed by atoms with Gasteiger partial charge in [-0.3, -0.25) is 4.90 Å². The number of halogens is 1. The molecule has 118 valence electrons. The Morgan fingerprint density at radius 3 is 2.67 bits per heavy atom. The van der Waals surface area contributed by atoms with Crippen molar-refractivity contribution in [2.75, 3.05) is 19.8 Å². The molecule has 1 aliphatic rings. The Balaban J connectivity index is 2.28. The minimum Gasteiger partial charge on any atom is -0.394 e. The van der Waals surface area contributed by atoms with Gasteiger partial charge in [0.05, 0.1) is 25.4 Å². The summed E-state index contributed by atoms with van der Waals surface area (Å²) in [7, 11) is 0. The van der Waals surface area contributed by atoms with Crippen LogP contribution >= 0.6 is 15.9 Å². The molecule has 0 aliphatic carbocycles. The number of aliphatic hydroxyl groups excluding tert-OH is 1. The molecule has 1 heterocycles. The predicted molar refractivity (Wildman–Crippen MR) is 88.1 cm³/mol. The van der Waals surface area contributed by atoms with Gasteiger partial charge in [0.25, 0.3) is 0 Å². The van der Waals surface area contributed by atoms with E-state index in [9.17, 15) is 5.11 Å². The number of morpholine rings is 1. The lowest BCUT2D eigenvalue weighted by Crippen LogP contribution is -2.54. The topological polar surface area (TPSA) is 58.7 Å². The number of aliphatic hydroxyl groups is 1. The van der Waals surface area contributed by atoms with Gasteiger partial charge in [-0.05, 0) is 31.0 Å². The van der Waals surface area contributed by atoms with E-state index in [1.165, 1.54) is 5.56 Å². The van der Waals surface area contributed by atoms with Gasteiger partial charge < -0.3 is 15.6 Å². The van der Waals surface area contributed by atoms with Crippen molar-refractivity contribution in [3.05, 3.63) is 34.3 Å². The summed E-state index contributed by atoms with van der Waals surface area (Å²) in [4.78, 5) is 2.38. The third-order valence-electron chi connectivity index (χ3n) is 4.20. The van der Waals surface area contributed by atoms with Crippen molar-refractivity contribution in [3.8, 4) is 0 Å². The summed E-state index contributed by atoms with van der Waals surface area (Å²) in [6.45, 7) is 5.67. The molecular formula is C16H25BrN2O2. The van der Waals surface area contributed by atoms with Gasteiger partial charge in [-0.1, -0.05) is 35.0 Å². The first-order valence-corrected chi connectivity index (χ1v) is 8.35. The Morgan fingerprint density at radius 1 is 1.43 bits per heavy atom. The van der Waals surface area contributed by atoms with Crippen molar-refractivity contribution in [1.82, 2.24) is 4.90 Å². The maximum atomic E-state index is 9.39. The Bertz CT molecular complexity index is 440. The summed E-state index contributed by atoms with van der Waals surface area (Å²) in [5.74, 6) is 0. The second kappa shape index (κ2) is 7.70. The fourth-order valence-electron chi connectivity index (χ4n) is 2.90. The van der Waals surface area contributed by atoms with Crippen LogP contribution < -0.4 is 5.73 Å². The minimum absolute atomic E-state index is 0.0532. The molecule has 2 rings (SSSR count). The second-order valence-electron chi connectivity index (χ2n) is 5.75. The zero-order valence-corrected chi connectivity index (χ0v) is 14.3. The molecular weight excluding hydrogens is 332 g/mol. The normalized spacial score (nSPS) is 26.5. The Kier molecular flexibility index (Phi) is 6.20. The number of ether oxygens (including phenoxy) is 1. The Hall–Kier alpha value is -0.460. The number of nitrogens with zero attached hydrogens (tertiary/aromatic N) is 1. The van der Waals surface area contributed by atoms with Gasteiger partial charge in [-0.2, -0.15) is 0 Å². The van der Waals surface area contributed by atoms with Crippen molar-refractivity contribution < 1.29 is 9.84 Å². The summed E-state index contributed by atoms with van der Waals surface area (Å²) < 4.78 is 6.72. The van der Waals surface area contributed by atoms with E-state index >= 15 is 0 Å². The Labute approximate surface area is 135 Å². The highest BCUT2D eigenvalue weighted by molar-refractivity contribution is 9.10. The lowest BCUT2D eigenvalue weighted by molar-refractivity contribution is -0.0948. The molecule has 4 atom stereocenters. The van der Waals surface area contributed by atoms with E-state index < -0.39 is 0 Å². The second-order valence-corrected chi connectivity index (χ2v) is 6.67. The molecule has 1 aromatic rings. The molecule has 3 N–H and O–H groups in total. The molecule has 0 amide bonds. The molecule has 0 spiro atoms. The summed E-state index contributed by atoms with van der Waals surface area (Å²) in [5.41, 5.74) is 7.63.